The maximum absolute atomic E-state index is 2.82. The number of hydrogen-bond acceptors (Lipinski definition) is 1. The zero-order chi connectivity index (χ0) is 25.5. The molecule has 0 radical (unpaired) electrons. The SMILES string of the molecule is CCCCCCCCCCCCCCCCCCN(CCCCCCCC)CCCCCCCC. The highest BCUT2D eigenvalue weighted by molar-refractivity contribution is 4.60. The zero-order valence-corrected chi connectivity index (χ0v) is 25.4. The maximum Gasteiger partial charge on any atom is -0.00187 e. The molecule has 1 heteroatoms. The van der Waals surface area contributed by atoms with Crippen LogP contribution in [0.2, 0.25) is 0 Å². The van der Waals surface area contributed by atoms with Crippen LogP contribution in [0.3, 0.4) is 0 Å². The number of unbranched alkanes of at least 4 members (excludes halogenated alkanes) is 25. The minimum atomic E-state index is 1.36. The summed E-state index contributed by atoms with van der Waals surface area (Å²) in [7, 11) is 0. The average molecular weight is 494 g/mol. The lowest BCUT2D eigenvalue weighted by Crippen LogP contribution is -2.27. The van der Waals surface area contributed by atoms with Crippen molar-refractivity contribution < 1.29 is 0 Å². The van der Waals surface area contributed by atoms with Crippen LogP contribution < -0.4 is 0 Å². The molecule has 0 heterocycles. The summed E-state index contributed by atoms with van der Waals surface area (Å²) in [6.45, 7) is 11.0. The van der Waals surface area contributed by atoms with Gasteiger partial charge < -0.3 is 4.90 Å². The Morgan fingerprint density at radius 1 is 0.229 bits per heavy atom. The largest absolute Gasteiger partial charge is 0.303 e. The summed E-state index contributed by atoms with van der Waals surface area (Å²) in [4.78, 5) is 2.82. The predicted octanol–water partition coefficient (Wildman–Crippen LogP) is 12.3. The molecule has 0 saturated carbocycles. The lowest BCUT2D eigenvalue weighted by atomic mass is 10.0. The van der Waals surface area contributed by atoms with Crippen molar-refractivity contribution in [3.05, 3.63) is 0 Å². The van der Waals surface area contributed by atoms with Crippen molar-refractivity contribution in [2.45, 2.75) is 201 Å². The summed E-state index contributed by atoms with van der Waals surface area (Å²) < 4.78 is 0. The van der Waals surface area contributed by atoms with E-state index in [1.807, 2.05) is 0 Å². The van der Waals surface area contributed by atoms with Crippen molar-refractivity contribution in [1.82, 2.24) is 4.90 Å². The molecule has 0 bridgehead atoms. The van der Waals surface area contributed by atoms with Crippen LogP contribution in [0.5, 0.6) is 0 Å². The monoisotopic (exact) mass is 494 g/mol. The maximum atomic E-state index is 2.82. The van der Waals surface area contributed by atoms with Gasteiger partial charge in [-0.3, -0.25) is 0 Å². The number of hydrogen-bond donors (Lipinski definition) is 0. The molecule has 0 aromatic rings. The van der Waals surface area contributed by atoms with E-state index in [1.165, 1.54) is 199 Å². The summed E-state index contributed by atoms with van der Waals surface area (Å²) in [5.74, 6) is 0. The Labute approximate surface area is 225 Å². The normalized spacial score (nSPS) is 11.7. The van der Waals surface area contributed by atoms with E-state index >= 15 is 0 Å². The Balaban J connectivity index is 3.62. The van der Waals surface area contributed by atoms with Crippen molar-refractivity contribution >= 4 is 0 Å². The first-order valence-corrected chi connectivity index (χ1v) is 17.1. The summed E-state index contributed by atoms with van der Waals surface area (Å²) in [6.07, 6.45) is 40.6. The summed E-state index contributed by atoms with van der Waals surface area (Å²) in [5.41, 5.74) is 0. The Morgan fingerprint density at radius 2 is 0.400 bits per heavy atom. The lowest BCUT2D eigenvalue weighted by molar-refractivity contribution is 0.254. The van der Waals surface area contributed by atoms with Crippen molar-refractivity contribution in [3.8, 4) is 0 Å². The lowest BCUT2D eigenvalue weighted by Gasteiger charge is -2.22. The fraction of sp³-hybridized carbons (Fsp3) is 1.00. The highest BCUT2D eigenvalue weighted by Gasteiger charge is 2.05. The molecule has 0 atom stereocenters. The van der Waals surface area contributed by atoms with Crippen molar-refractivity contribution in [3.63, 3.8) is 0 Å². The molecule has 1 nitrogen and oxygen atoms in total. The van der Waals surface area contributed by atoms with Gasteiger partial charge in [0, 0.05) is 0 Å². The van der Waals surface area contributed by atoms with Crippen LogP contribution in [0.4, 0.5) is 0 Å². The van der Waals surface area contributed by atoms with Gasteiger partial charge in [0.15, 0.2) is 0 Å². The third-order valence-corrected chi connectivity index (χ3v) is 7.98. The second kappa shape index (κ2) is 32.0. The van der Waals surface area contributed by atoms with E-state index in [0.717, 1.165) is 0 Å². The van der Waals surface area contributed by atoms with Crippen molar-refractivity contribution in [2.24, 2.45) is 0 Å². The Kier molecular flexibility index (Phi) is 32.0. The molecule has 0 rings (SSSR count). The Hall–Kier alpha value is -0.0400. The highest BCUT2D eigenvalue weighted by atomic mass is 15.1. The van der Waals surface area contributed by atoms with E-state index in [0.29, 0.717) is 0 Å². The minimum Gasteiger partial charge on any atom is -0.303 e. The van der Waals surface area contributed by atoms with E-state index in [4.69, 9.17) is 0 Å². The van der Waals surface area contributed by atoms with Gasteiger partial charge in [0.25, 0.3) is 0 Å². The fourth-order valence-electron chi connectivity index (χ4n) is 5.45. The number of nitrogens with zero attached hydrogens (tertiary/aromatic N) is 1. The van der Waals surface area contributed by atoms with Crippen molar-refractivity contribution in [2.75, 3.05) is 19.6 Å². The molecule has 0 aliphatic rings. The smallest absolute Gasteiger partial charge is 0.00187 e. The van der Waals surface area contributed by atoms with Gasteiger partial charge in [0.05, 0.1) is 0 Å². The van der Waals surface area contributed by atoms with E-state index < -0.39 is 0 Å². The van der Waals surface area contributed by atoms with Crippen LogP contribution >= 0.6 is 0 Å². The van der Waals surface area contributed by atoms with Gasteiger partial charge >= 0.3 is 0 Å². The standard InChI is InChI=1S/C34H71N/c1-4-7-10-13-16-17-18-19-20-21-22-23-24-25-28-31-34-35(32-29-26-14-11-8-5-2)33-30-27-15-12-9-6-3/h4-34H2,1-3H3. The van der Waals surface area contributed by atoms with Crippen LogP contribution in [0.1, 0.15) is 201 Å². The quantitative estimate of drug-likeness (QED) is 0.0867. The van der Waals surface area contributed by atoms with E-state index in [1.54, 1.807) is 0 Å². The summed E-state index contributed by atoms with van der Waals surface area (Å²) >= 11 is 0. The molecule has 0 aromatic carbocycles. The van der Waals surface area contributed by atoms with Crippen LogP contribution in [0, 0.1) is 0 Å². The topological polar surface area (TPSA) is 3.24 Å². The van der Waals surface area contributed by atoms with Crippen molar-refractivity contribution in [1.29, 1.82) is 0 Å². The first-order chi connectivity index (χ1) is 17.3. The molecule has 0 fully saturated rings. The van der Waals surface area contributed by atoms with Crippen LogP contribution in [-0.2, 0) is 0 Å². The van der Waals surface area contributed by atoms with Crippen LogP contribution in [-0.4, -0.2) is 24.5 Å². The van der Waals surface area contributed by atoms with E-state index in [-0.39, 0.29) is 0 Å². The third-order valence-electron chi connectivity index (χ3n) is 7.98. The van der Waals surface area contributed by atoms with Crippen LogP contribution in [0.15, 0.2) is 0 Å². The number of rotatable bonds is 31. The summed E-state index contributed by atoms with van der Waals surface area (Å²) in [6, 6.07) is 0. The van der Waals surface area contributed by atoms with Gasteiger partial charge in [0.2, 0.25) is 0 Å². The first kappa shape index (κ1) is 35.0. The summed E-state index contributed by atoms with van der Waals surface area (Å²) in [5, 5.41) is 0. The molecule has 0 amide bonds. The van der Waals surface area contributed by atoms with Gasteiger partial charge in [-0.25, -0.2) is 0 Å². The van der Waals surface area contributed by atoms with Gasteiger partial charge in [-0.2, -0.15) is 0 Å². The molecule has 0 aliphatic heterocycles. The van der Waals surface area contributed by atoms with Gasteiger partial charge in [-0.05, 0) is 38.9 Å². The predicted molar refractivity (Wildman–Crippen MR) is 163 cm³/mol. The van der Waals surface area contributed by atoms with Gasteiger partial charge in [-0.15, -0.1) is 0 Å². The third kappa shape index (κ3) is 30.1. The average Bonchev–Trinajstić information content (AvgIpc) is 2.87. The molecular weight excluding hydrogens is 422 g/mol. The molecular formula is C34H71N. The van der Waals surface area contributed by atoms with Gasteiger partial charge in [-0.1, -0.05) is 181 Å². The Bertz CT molecular complexity index is 336. The highest BCUT2D eigenvalue weighted by Crippen LogP contribution is 2.14. The molecule has 0 unspecified atom stereocenters. The molecule has 0 spiro atoms. The van der Waals surface area contributed by atoms with E-state index in [9.17, 15) is 0 Å². The second-order valence-corrected chi connectivity index (χ2v) is 11.7. The second-order valence-electron chi connectivity index (χ2n) is 11.7. The minimum absolute atomic E-state index is 1.36. The molecule has 212 valence electrons. The van der Waals surface area contributed by atoms with E-state index in [2.05, 4.69) is 25.7 Å². The zero-order valence-electron chi connectivity index (χ0n) is 25.4. The van der Waals surface area contributed by atoms with Gasteiger partial charge in [0.1, 0.15) is 0 Å². The van der Waals surface area contributed by atoms with Crippen LogP contribution in [0.25, 0.3) is 0 Å². The fourth-order valence-corrected chi connectivity index (χ4v) is 5.45. The molecule has 0 saturated heterocycles. The molecule has 0 aliphatic carbocycles. The molecule has 35 heavy (non-hydrogen) atoms. The first-order valence-electron chi connectivity index (χ1n) is 17.1. The Morgan fingerprint density at radius 3 is 0.600 bits per heavy atom. The molecule has 0 aromatic heterocycles. The molecule has 0 N–H and O–H groups in total.